The Morgan fingerprint density at radius 3 is 2.55 bits per heavy atom. The molecule has 0 fully saturated rings. The number of hydrogen-bond acceptors (Lipinski definition) is 4. The molecule has 0 bridgehead atoms. The van der Waals surface area contributed by atoms with E-state index >= 15 is 0 Å². The van der Waals surface area contributed by atoms with Crippen LogP contribution in [-0.4, -0.2) is 36.1 Å². The van der Waals surface area contributed by atoms with Crippen molar-refractivity contribution >= 4 is 11.8 Å². The van der Waals surface area contributed by atoms with E-state index in [4.69, 9.17) is 4.74 Å². The van der Waals surface area contributed by atoms with Gasteiger partial charge in [0.05, 0.1) is 18.3 Å². The van der Waals surface area contributed by atoms with Crippen LogP contribution in [-0.2, 0) is 20.9 Å². The minimum atomic E-state index is -0.149. The van der Waals surface area contributed by atoms with Crippen molar-refractivity contribution in [3.05, 3.63) is 30.1 Å². The molecule has 0 radical (unpaired) electrons. The monoisotopic (exact) mass is 307 g/mol. The van der Waals surface area contributed by atoms with Gasteiger partial charge in [0.25, 0.3) is 0 Å². The van der Waals surface area contributed by atoms with Crippen molar-refractivity contribution < 1.29 is 14.3 Å². The highest BCUT2D eigenvalue weighted by atomic mass is 16.5. The number of nitrogens with one attached hydrogen (secondary N) is 2. The van der Waals surface area contributed by atoms with E-state index in [2.05, 4.69) is 15.6 Å². The lowest BCUT2D eigenvalue weighted by atomic mass is 10.2. The van der Waals surface area contributed by atoms with Crippen molar-refractivity contribution in [2.24, 2.45) is 0 Å². The fourth-order valence-corrected chi connectivity index (χ4v) is 1.71. The predicted molar refractivity (Wildman–Crippen MR) is 84.0 cm³/mol. The second-order valence-electron chi connectivity index (χ2n) is 5.22. The zero-order valence-corrected chi connectivity index (χ0v) is 13.3. The summed E-state index contributed by atoms with van der Waals surface area (Å²) in [6.07, 6.45) is 3.03. The molecule has 22 heavy (non-hydrogen) atoms. The van der Waals surface area contributed by atoms with Crippen LogP contribution in [0.1, 0.15) is 38.8 Å². The number of hydrogen-bond donors (Lipinski definition) is 2. The number of amides is 2. The van der Waals surface area contributed by atoms with E-state index in [1.807, 2.05) is 32.0 Å². The summed E-state index contributed by atoms with van der Waals surface area (Å²) in [5, 5.41) is 5.52. The summed E-state index contributed by atoms with van der Waals surface area (Å²) >= 11 is 0. The molecule has 2 amide bonds. The number of aromatic nitrogens is 1. The topological polar surface area (TPSA) is 80.3 Å². The van der Waals surface area contributed by atoms with Gasteiger partial charge in [0.15, 0.2) is 0 Å². The highest BCUT2D eigenvalue weighted by Crippen LogP contribution is 1.95. The predicted octanol–water partition coefficient (Wildman–Crippen LogP) is 1.41. The van der Waals surface area contributed by atoms with Gasteiger partial charge in [-0.15, -0.1) is 0 Å². The van der Waals surface area contributed by atoms with Crippen LogP contribution in [0.25, 0.3) is 0 Å². The molecule has 2 N–H and O–H groups in total. The molecule has 0 unspecified atom stereocenters. The van der Waals surface area contributed by atoms with Crippen molar-refractivity contribution in [3.8, 4) is 0 Å². The van der Waals surface area contributed by atoms with Gasteiger partial charge in [-0.3, -0.25) is 14.6 Å². The molecule has 0 aliphatic rings. The Kier molecular flexibility index (Phi) is 8.83. The summed E-state index contributed by atoms with van der Waals surface area (Å²) in [5.41, 5.74) is 0.797. The van der Waals surface area contributed by atoms with Gasteiger partial charge < -0.3 is 15.4 Å². The Bertz CT molecular complexity index is 449. The summed E-state index contributed by atoms with van der Waals surface area (Å²) in [5.74, 6) is -0.263. The maximum Gasteiger partial charge on any atom is 0.220 e. The second-order valence-corrected chi connectivity index (χ2v) is 5.22. The Morgan fingerprint density at radius 2 is 1.91 bits per heavy atom. The zero-order chi connectivity index (χ0) is 16.2. The number of nitrogens with zero attached hydrogens (tertiary/aromatic N) is 1. The second kappa shape index (κ2) is 10.7. The summed E-state index contributed by atoms with van der Waals surface area (Å²) in [7, 11) is 0. The lowest BCUT2D eigenvalue weighted by molar-refractivity contribution is -0.126. The summed E-state index contributed by atoms with van der Waals surface area (Å²) < 4.78 is 5.37. The van der Waals surface area contributed by atoms with Crippen molar-refractivity contribution in [2.75, 3.05) is 13.2 Å². The number of ether oxygens (including phenoxy) is 1. The van der Waals surface area contributed by atoms with Gasteiger partial charge in [0, 0.05) is 32.2 Å². The van der Waals surface area contributed by atoms with E-state index in [0.717, 1.165) is 12.1 Å². The van der Waals surface area contributed by atoms with E-state index in [-0.39, 0.29) is 30.8 Å². The van der Waals surface area contributed by atoms with E-state index in [1.54, 1.807) is 6.20 Å². The molecule has 6 nitrogen and oxygen atoms in total. The summed E-state index contributed by atoms with van der Waals surface area (Å²) in [6, 6.07) is 5.53. The number of rotatable bonds is 10. The third kappa shape index (κ3) is 9.07. The first-order valence-corrected chi connectivity index (χ1v) is 7.63. The third-order valence-corrected chi connectivity index (χ3v) is 2.87. The molecule has 0 aromatic carbocycles. The standard InChI is InChI=1S/C16H25N3O3/c1-13(2)22-11-5-10-18-15(20)7-8-16(21)19-12-14-6-3-4-9-17-14/h3-4,6,9,13H,5,7-8,10-12H2,1-2H3,(H,18,20)(H,19,21). The fourth-order valence-electron chi connectivity index (χ4n) is 1.71. The van der Waals surface area contributed by atoms with Gasteiger partial charge in [0.1, 0.15) is 0 Å². The van der Waals surface area contributed by atoms with Crippen LogP contribution in [0.4, 0.5) is 0 Å². The Balaban J connectivity index is 2.04. The van der Waals surface area contributed by atoms with Crippen molar-refractivity contribution in [2.45, 2.75) is 45.8 Å². The van der Waals surface area contributed by atoms with Crippen molar-refractivity contribution in [1.29, 1.82) is 0 Å². The normalized spacial score (nSPS) is 10.5. The SMILES string of the molecule is CC(C)OCCCNC(=O)CCC(=O)NCc1ccccn1. The van der Waals surface area contributed by atoms with Crippen LogP contribution < -0.4 is 10.6 Å². The van der Waals surface area contributed by atoms with Crippen LogP contribution in [0, 0.1) is 0 Å². The average Bonchev–Trinajstić information content (AvgIpc) is 2.51. The molecule has 0 aliphatic heterocycles. The quantitative estimate of drug-likeness (QED) is 0.641. The minimum Gasteiger partial charge on any atom is -0.379 e. The summed E-state index contributed by atoms with van der Waals surface area (Å²) in [4.78, 5) is 27.3. The van der Waals surface area contributed by atoms with Gasteiger partial charge in [-0.2, -0.15) is 0 Å². The van der Waals surface area contributed by atoms with E-state index in [0.29, 0.717) is 19.7 Å². The molecule has 1 aromatic rings. The Labute approximate surface area is 131 Å². The summed E-state index contributed by atoms with van der Waals surface area (Å²) in [6.45, 7) is 5.53. The Morgan fingerprint density at radius 1 is 1.18 bits per heavy atom. The highest BCUT2D eigenvalue weighted by molar-refractivity contribution is 5.83. The largest absolute Gasteiger partial charge is 0.379 e. The minimum absolute atomic E-state index is 0.113. The maximum absolute atomic E-state index is 11.6. The first kappa shape index (κ1) is 18.1. The molecule has 6 heteroatoms. The van der Waals surface area contributed by atoms with Crippen LogP contribution in [0.3, 0.4) is 0 Å². The molecule has 1 rings (SSSR count). The molecule has 0 saturated carbocycles. The number of pyridine rings is 1. The Hall–Kier alpha value is -1.95. The van der Waals surface area contributed by atoms with Gasteiger partial charge >= 0.3 is 0 Å². The molecule has 0 saturated heterocycles. The molecular weight excluding hydrogens is 282 g/mol. The number of carbonyl (C=O) groups excluding carboxylic acids is 2. The molecule has 0 spiro atoms. The first-order valence-electron chi connectivity index (χ1n) is 7.63. The van der Waals surface area contributed by atoms with E-state index < -0.39 is 0 Å². The maximum atomic E-state index is 11.6. The fraction of sp³-hybridized carbons (Fsp3) is 0.562. The molecule has 0 aliphatic carbocycles. The molecular formula is C16H25N3O3. The first-order chi connectivity index (χ1) is 10.6. The smallest absolute Gasteiger partial charge is 0.220 e. The van der Waals surface area contributed by atoms with Crippen LogP contribution in [0.2, 0.25) is 0 Å². The molecule has 122 valence electrons. The van der Waals surface area contributed by atoms with Crippen LogP contribution in [0.5, 0.6) is 0 Å². The van der Waals surface area contributed by atoms with Gasteiger partial charge in [-0.25, -0.2) is 0 Å². The lowest BCUT2D eigenvalue weighted by Crippen LogP contribution is -2.28. The van der Waals surface area contributed by atoms with E-state index in [9.17, 15) is 9.59 Å². The van der Waals surface area contributed by atoms with Crippen molar-refractivity contribution in [3.63, 3.8) is 0 Å². The zero-order valence-electron chi connectivity index (χ0n) is 13.3. The average molecular weight is 307 g/mol. The molecule has 0 atom stereocenters. The van der Waals surface area contributed by atoms with Crippen LogP contribution >= 0.6 is 0 Å². The highest BCUT2D eigenvalue weighted by Gasteiger charge is 2.06. The lowest BCUT2D eigenvalue weighted by Gasteiger charge is -2.08. The molecule has 1 heterocycles. The third-order valence-electron chi connectivity index (χ3n) is 2.87. The van der Waals surface area contributed by atoms with Gasteiger partial charge in [-0.1, -0.05) is 6.07 Å². The molecule has 1 aromatic heterocycles. The number of carbonyl (C=O) groups is 2. The van der Waals surface area contributed by atoms with Crippen LogP contribution in [0.15, 0.2) is 24.4 Å². The van der Waals surface area contributed by atoms with Crippen molar-refractivity contribution in [1.82, 2.24) is 15.6 Å². The van der Waals surface area contributed by atoms with Gasteiger partial charge in [-0.05, 0) is 32.4 Å². The van der Waals surface area contributed by atoms with Gasteiger partial charge in [0.2, 0.25) is 11.8 Å². The van der Waals surface area contributed by atoms with E-state index in [1.165, 1.54) is 0 Å².